The lowest BCUT2D eigenvalue weighted by Crippen LogP contribution is -2.26. The summed E-state index contributed by atoms with van der Waals surface area (Å²) in [6.45, 7) is 3.14. The fraction of sp³-hybridized carbons (Fsp3) is 0.235. The average molecular weight is 391 g/mol. The number of benzene rings is 1. The molecule has 10 heteroatoms. The zero-order valence-electron chi connectivity index (χ0n) is 14.9. The van der Waals surface area contributed by atoms with Crippen LogP contribution in [0, 0.1) is 5.82 Å². The van der Waals surface area contributed by atoms with Crippen LogP contribution >= 0.6 is 0 Å². The number of imidazole rings is 1. The number of fused-ring (bicyclic) bond motifs is 1. The van der Waals surface area contributed by atoms with Gasteiger partial charge in [0.05, 0.1) is 47.1 Å². The van der Waals surface area contributed by atoms with Crippen molar-refractivity contribution in [3.63, 3.8) is 0 Å². The van der Waals surface area contributed by atoms with Crippen LogP contribution in [0.25, 0.3) is 16.7 Å². The molecule has 3 aromatic rings. The Morgan fingerprint density at radius 3 is 2.67 bits per heavy atom. The van der Waals surface area contributed by atoms with E-state index < -0.39 is 21.9 Å². The first-order chi connectivity index (χ1) is 12.6. The Labute approximate surface area is 155 Å². The van der Waals surface area contributed by atoms with Crippen LogP contribution in [0.2, 0.25) is 0 Å². The molecular weight excluding hydrogens is 373 g/mol. The fourth-order valence-corrected chi connectivity index (χ4v) is 3.36. The summed E-state index contributed by atoms with van der Waals surface area (Å²) in [6.07, 6.45) is 3.90. The van der Waals surface area contributed by atoms with Crippen LogP contribution in [0.5, 0.6) is 0 Å². The summed E-state index contributed by atoms with van der Waals surface area (Å²) in [5.74, 6) is -0.220. The first kappa shape index (κ1) is 18.8. The quantitative estimate of drug-likeness (QED) is 0.693. The molecule has 1 amide bonds. The molecule has 1 unspecified atom stereocenters. The van der Waals surface area contributed by atoms with E-state index in [1.54, 1.807) is 17.6 Å². The topological polar surface area (TPSA) is 106 Å². The molecule has 2 heterocycles. The number of pyridine rings is 1. The Balaban J connectivity index is 2.21. The number of anilines is 1. The standard InChI is InChI=1S/C17H18FN5O3S/c1-10(20-11(2)24)17-21-15-5-4-12(18)6-16(15)23(17)14-7-13(8-19-9-14)22-27(3,25)26/h4-10,22H,1-3H3,(H,20,24). The number of halogens is 1. The van der Waals surface area contributed by atoms with Crippen molar-refractivity contribution in [2.75, 3.05) is 11.0 Å². The van der Waals surface area contributed by atoms with E-state index in [1.165, 1.54) is 37.5 Å². The fourth-order valence-electron chi connectivity index (χ4n) is 2.82. The molecule has 0 aliphatic heterocycles. The molecule has 0 aliphatic rings. The van der Waals surface area contributed by atoms with E-state index in [4.69, 9.17) is 0 Å². The van der Waals surface area contributed by atoms with Crippen molar-refractivity contribution in [3.05, 3.63) is 48.3 Å². The maximum Gasteiger partial charge on any atom is 0.229 e. The van der Waals surface area contributed by atoms with Crippen LogP contribution in [0.1, 0.15) is 25.7 Å². The summed E-state index contributed by atoms with van der Waals surface area (Å²) in [5, 5.41) is 2.75. The van der Waals surface area contributed by atoms with Gasteiger partial charge in [-0.25, -0.2) is 17.8 Å². The van der Waals surface area contributed by atoms with Crippen LogP contribution in [-0.4, -0.2) is 35.1 Å². The summed E-state index contributed by atoms with van der Waals surface area (Å²) in [6, 6.07) is 5.25. The van der Waals surface area contributed by atoms with Gasteiger partial charge < -0.3 is 5.32 Å². The minimum atomic E-state index is -3.49. The molecule has 0 radical (unpaired) electrons. The zero-order chi connectivity index (χ0) is 19.8. The maximum absolute atomic E-state index is 13.8. The van der Waals surface area contributed by atoms with Gasteiger partial charge in [-0.1, -0.05) is 0 Å². The minimum Gasteiger partial charge on any atom is -0.347 e. The van der Waals surface area contributed by atoms with Gasteiger partial charge in [-0.3, -0.25) is 19.1 Å². The largest absolute Gasteiger partial charge is 0.347 e. The summed E-state index contributed by atoms with van der Waals surface area (Å²) in [4.78, 5) is 20.0. The normalized spacial score (nSPS) is 12.7. The van der Waals surface area contributed by atoms with Crippen molar-refractivity contribution in [1.29, 1.82) is 0 Å². The lowest BCUT2D eigenvalue weighted by Gasteiger charge is -2.16. The number of carbonyl (C=O) groups excluding carboxylic acids is 1. The molecule has 2 N–H and O–H groups in total. The third-order valence-corrected chi connectivity index (χ3v) is 4.34. The Hall–Kier alpha value is -3.01. The van der Waals surface area contributed by atoms with Crippen molar-refractivity contribution >= 4 is 32.7 Å². The molecular formula is C17H18FN5O3S. The molecule has 0 bridgehead atoms. The predicted octanol–water partition coefficient (Wildman–Crippen LogP) is 2.13. The molecule has 1 atom stereocenters. The average Bonchev–Trinajstić information content (AvgIpc) is 2.91. The molecule has 0 fully saturated rings. The smallest absolute Gasteiger partial charge is 0.229 e. The van der Waals surface area contributed by atoms with Crippen molar-refractivity contribution < 1.29 is 17.6 Å². The Morgan fingerprint density at radius 2 is 2.00 bits per heavy atom. The molecule has 142 valence electrons. The van der Waals surface area contributed by atoms with Crippen LogP contribution < -0.4 is 10.0 Å². The van der Waals surface area contributed by atoms with E-state index in [9.17, 15) is 17.6 Å². The lowest BCUT2D eigenvalue weighted by atomic mass is 10.2. The molecule has 2 aromatic heterocycles. The molecule has 27 heavy (non-hydrogen) atoms. The molecule has 0 saturated carbocycles. The number of hydrogen-bond acceptors (Lipinski definition) is 5. The second kappa shape index (κ2) is 6.95. The van der Waals surface area contributed by atoms with Crippen molar-refractivity contribution in [3.8, 4) is 5.69 Å². The number of rotatable bonds is 5. The van der Waals surface area contributed by atoms with E-state index in [1.807, 2.05) is 0 Å². The summed E-state index contributed by atoms with van der Waals surface area (Å²) in [7, 11) is -3.49. The number of aromatic nitrogens is 3. The van der Waals surface area contributed by atoms with Crippen LogP contribution in [0.3, 0.4) is 0 Å². The number of nitrogens with zero attached hydrogens (tertiary/aromatic N) is 3. The SMILES string of the molecule is CC(=O)NC(C)c1nc2ccc(F)cc2n1-c1cncc(NS(C)(=O)=O)c1. The summed E-state index contributed by atoms with van der Waals surface area (Å²) >= 11 is 0. The highest BCUT2D eigenvalue weighted by molar-refractivity contribution is 7.92. The number of nitrogens with one attached hydrogen (secondary N) is 2. The van der Waals surface area contributed by atoms with Gasteiger partial charge in [-0.05, 0) is 25.1 Å². The van der Waals surface area contributed by atoms with E-state index in [2.05, 4.69) is 20.0 Å². The Morgan fingerprint density at radius 1 is 1.26 bits per heavy atom. The second-order valence-electron chi connectivity index (χ2n) is 6.17. The van der Waals surface area contributed by atoms with Gasteiger partial charge in [0, 0.05) is 13.0 Å². The first-order valence-electron chi connectivity index (χ1n) is 8.02. The highest BCUT2D eigenvalue weighted by Crippen LogP contribution is 2.27. The number of carbonyl (C=O) groups is 1. The Kier molecular flexibility index (Phi) is 4.83. The highest BCUT2D eigenvalue weighted by atomic mass is 32.2. The van der Waals surface area contributed by atoms with Crippen molar-refractivity contribution in [2.45, 2.75) is 19.9 Å². The van der Waals surface area contributed by atoms with E-state index in [-0.39, 0.29) is 11.6 Å². The van der Waals surface area contributed by atoms with Crippen LogP contribution in [0.15, 0.2) is 36.7 Å². The van der Waals surface area contributed by atoms with Gasteiger partial charge in [0.2, 0.25) is 15.9 Å². The number of hydrogen-bond donors (Lipinski definition) is 2. The van der Waals surface area contributed by atoms with Gasteiger partial charge in [-0.2, -0.15) is 0 Å². The molecule has 3 rings (SSSR count). The number of sulfonamides is 1. The van der Waals surface area contributed by atoms with E-state index in [0.29, 0.717) is 22.5 Å². The second-order valence-corrected chi connectivity index (χ2v) is 7.92. The van der Waals surface area contributed by atoms with Crippen molar-refractivity contribution in [1.82, 2.24) is 19.9 Å². The van der Waals surface area contributed by atoms with Crippen LogP contribution in [0.4, 0.5) is 10.1 Å². The van der Waals surface area contributed by atoms with E-state index >= 15 is 0 Å². The van der Waals surface area contributed by atoms with Gasteiger partial charge in [0.25, 0.3) is 0 Å². The van der Waals surface area contributed by atoms with Gasteiger partial charge in [-0.15, -0.1) is 0 Å². The molecule has 0 saturated heterocycles. The zero-order valence-corrected chi connectivity index (χ0v) is 15.7. The third kappa shape index (κ3) is 4.22. The molecule has 0 aliphatic carbocycles. The third-order valence-electron chi connectivity index (χ3n) is 3.73. The summed E-state index contributed by atoms with van der Waals surface area (Å²) in [5.41, 5.74) is 1.74. The van der Waals surface area contributed by atoms with Crippen molar-refractivity contribution in [2.24, 2.45) is 0 Å². The molecule has 1 aromatic carbocycles. The minimum absolute atomic E-state index is 0.238. The number of amides is 1. The Bertz CT molecular complexity index is 1130. The molecule has 8 nitrogen and oxygen atoms in total. The maximum atomic E-state index is 13.8. The highest BCUT2D eigenvalue weighted by Gasteiger charge is 2.20. The van der Waals surface area contributed by atoms with E-state index in [0.717, 1.165) is 6.26 Å². The monoisotopic (exact) mass is 391 g/mol. The van der Waals surface area contributed by atoms with Gasteiger partial charge >= 0.3 is 0 Å². The summed E-state index contributed by atoms with van der Waals surface area (Å²) < 4.78 is 40.8. The van der Waals surface area contributed by atoms with Crippen LogP contribution in [-0.2, 0) is 14.8 Å². The first-order valence-corrected chi connectivity index (χ1v) is 9.91. The lowest BCUT2D eigenvalue weighted by molar-refractivity contribution is -0.119. The van der Waals surface area contributed by atoms with Gasteiger partial charge in [0.1, 0.15) is 11.6 Å². The van der Waals surface area contributed by atoms with Gasteiger partial charge in [0.15, 0.2) is 0 Å². The molecule has 0 spiro atoms. The predicted molar refractivity (Wildman–Crippen MR) is 99.5 cm³/mol.